The highest BCUT2D eigenvalue weighted by molar-refractivity contribution is 8.01. The molecule has 0 aliphatic heterocycles. The molecule has 0 unspecified atom stereocenters. The van der Waals surface area contributed by atoms with Crippen LogP contribution in [0.5, 0.6) is 0 Å². The van der Waals surface area contributed by atoms with Gasteiger partial charge in [0.05, 0.1) is 0 Å². The van der Waals surface area contributed by atoms with Gasteiger partial charge in [-0.2, -0.15) is 0 Å². The first kappa shape index (κ1) is 92.0. The fourth-order valence-corrected chi connectivity index (χ4v) is 24.7. The molecule has 0 heterocycles. The van der Waals surface area contributed by atoms with E-state index in [1.54, 1.807) is 106 Å². The zero-order valence-electron chi connectivity index (χ0n) is 76.6. The van der Waals surface area contributed by atoms with Gasteiger partial charge in [-0.05, 0) is 425 Å². The van der Waals surface area contributed by atoms with Crippen molar-refractivity contribution >= 4 is 106 Å². The number of hydrogen-bond donors (Lipinski definition) is 0. The molecule has 0 N–H and O–H groups in total. The predicted molar refractivity (Wildman–Crippen MR) is 607 cm³/mol. The normalized spacial score (nSPS) is 11.2. The highest BCUT2D eigenvalue weighted by Gasteiger charge is 2.18. The molecule has 0 amide bonds. The largest absolute Gasteiger partial charge is 0.0901 e. The van der Waals surface area contributed by atoms with E-state index in [9.17, 15) is 0 Å². The van der Waals surface area contributed by atoms with Crippen LogP contribution in [-0.2, 0) is 0 Å². The average molecular weight is 1960 g/mol. The van der Waals surface area contributed by atoms with E-state index in [1.165, 1.54) is 188 Å². The Kier molecular flexibility index (Phi) is 28.9. The fourth-order valence-electron chi connectivity index (χ4n) is 17.3. The molecule has 141 heavy (non-hydrogen) atoms. The second-order valence-electron chi connectivity index (χ2n) is 34.3. The fraction of sp³-hybridized carbons (Fsp3) is 0. The Hall–Kier alpha value is -14.0. The second kappa shape index (κ2) is 44.2. The van der Waals surface area contributed by atoms with Crippen LogP contribution >= 0.6 is 106 Å². The van der Waals surface area contributed by atoms with Crippen molar-refractivity contribution in [3.8, 4) is 134 Å². The topological polar surface area (TPSA) is 0 Å². The lowest BCUT2D eigenvalue weighted by atomic mass is 9.93. The molecule has 22 aromatic carbocycles. The molecule has 22 rings (SSSR count). The van der Waals surface area contributed by atoms with Crippen molar-refractivity contribution in [3.05, 3.63) is 546 Å². The van der Waals surface area contributed by atoms with Crippen LogP contribution in [0.3, 0.4) is 0 Å². The molecule has 0 aliphatic carbocycles. The molecule has 0 nitrogen and oxygen atoms in total. The number of benzene rings is 22. The van der Waals surface area contributed by atoms with Crippen molar-refractivity contribution in [1.82, 2.24) is 0 Å². The second-order valence-corrected chi connectivity index (χ2v) is 44.6. The van der Waals surface area contributed by atoms with Crippen LogP contribution in [0.2, 0.25) is 0 Å². The summed E-state index contributed by atoms with van der Waals surface area (Å²) in [7, 11) is 0. The number of hydrogen-bond acceptors (Lipinski definition) is 9. The molecule has 0 atom stereocenters. The van der Waals surface area contributed by atoms with E-state index in [0.717, 1.165) is 33.4 Å². The molecule has 0 fully saturated rings. The first-order chi connectivity index (χ1) is 69.6. The maximum atomic E-state index is 2.37. The summed E-state index contributed by atoms with van der Waals surface area (Å²) in [5, 5.41) is 0. The van der Waals surface area contributed by atoms with Gasteiger partial charge in [0, 0.05) is 88.1 Å². The van der Waals surface area contributed by atoms with Gasteiger partial charge in [-0.25, -0.2) is 0 Å². The first-order valence-electron chi connectivity index (χ1n) is 46.9. The minimum Gasteiger partial charge on any atom is -0.0901 e. The molecule has 0 saturated heterocycles. The van der Waals surface area contributed by atoms with E-state index in [-0.39, 0.29) is 0 Å². The van der Waals surface area contributed by atoms with Gasteiger partial charge in [0.15, 0.2) is 0 Å². The maximum absolute atomic E-state index is 2.37. The molecule has 0 spiro atoms. The van der Waals surface area contributed by atoms with E-state index in [0.29, 0.717) is 0 Å². The summed E-state index contributed by atoms with van der Waals surface area (Å²) in [5.41, 5.74) is 28.1. The van der Waals surface area contributed by atoms with Crippen LogP contribution in [0.4, 0.5) is 0 Å². The van der Waals surface area contributed by atoms with Gasteiger partial charge in [0.2, 0.25) is 0 Å². The van der Waals surface area contributed by atoms with Crippen LogP contribution in [0.15, 0.2) is 634 Å². The third-order valence-electron chi connectivity index (χ3n) is 24.6. The molecule has 0 radical (unpaired) electrons. The summed E-state index contributed by atoms with van der Waals surface area (Å²) in [4.78, 5) is 21.7. The molecule has 672 valence electrons. The van der Waals surface area contributed by atoms with E-state index in [2.05, 4.69) is 546 Å². The molecule has 22 aromatic rings. The van der Waals surface area contributed by atoms with Gasteiger partial charge in [0.1, 0.15) is 0 Å². The Balaban J connectivity index is 0.534. The van der Waals surface area contributed by atoms with E-state index in [1.807, 2.05) is 0 Å². The molecule has 9 heteroatoms. The summed E-state index contributed by atoms with van der Waals surface area (Å²) < 4.78 is 0. The minimum absolute atomic E-state index is 1.15. The van der Waals surface area contributed by atoms with Crippen molar-refractivity contribution < 1.29 is 0 Å². The molecular weight excluding hydrogens is 1870 g/mol. The van der Waals surface area contributed by atoms with Crippen molar-refractivity contribution in [3.63, 3.8) is 0 Å². The Morgan fingerprint density at radius 2 is 0.135 bits per heavy atom. The van der Waals surface area contributed by atoms with E-state index in [4.69, 9.17) is 0 Å². The summed E-state index contributed by atoms with van der Waals surface area (Å²) >= 11 is 16.1. The Morgan fingerprint density at radius 3 is 0.213 bits per heavy atom. The van der Waals surface area contributed by atoms with Gasteiger partial charge in [0.25, 0.3) is 0 Å². The Morgan fingerprint density at radius 1 is 0.0638 bits per heavy atom. The van der Waals surface area contributed by atoms with Crippen molar-refractivity contribution in [2.45, 2.75) is 88.1 Å². The molecule has 0 aromatic heterocycles. The van der Waals surface area contributed by atoms with E-state index >= 15 is 0 Å². The Labute approximate surface area is 865 Å². The summed E-state index contributed by atoms with van der Waals surface area (Å²) in [5.74, 6) is 0. The van der Waals surface area contributed by atoms with Crippen LogP contribution in [0, 0.1) is 0 Å². The predicted octanol–water partition coefficient (Wildman–Crippen LogP) is 41.1. The third-order valence-corrected chi connectivity index (χ3v) is 33.7. The summed E-state index contributed by atoms with van der Waals surface area (Å²) in [6, 6.07) is 201. The van der Waals surface area contributed by atoms with Gasteiger partial charge >= 0.3 is 0 Å². The van der Waals surface area contributed by atoms with Gasteiger partial charge in [-0.15, -0.1) is 0 Å². The van der Waals surface area contributed by atoms with Crippen LogP contribution in [0.1, 0.15) is 0 Å². The van der Waals surface area contributed by atoms with Crippen LogP contribution in [0.25, 0.3) is 134 Å². The quantitative estimate of drug-likeness (QED) is 0.0428. The molecule has 0 saturated carbocycles. The average Bonchev–Trinajstić information content (AvgIpc) is 0.808. The first-order valence-corrected chi connectivity index (χ1v) is 54.3. The van der Waals surface area contributed by atoms with Crippen molar-refractivity contribution in [1.29, 1.82) is 0 Å². The lowest BCUT2D eigenvalue weighted by molar-refractivity contribution is 1.39. The zero-order chi connectivity index (χ0) is 94.3. The van der Waals surface area contributed by atoms with Crippen molar-refractivity contribution in [2.24, 2.45) is 0 Å². The third kappa shape index (κ3) is 23.7. The van der Waals surface area contributed by atoms with Gasteiger partial charge < -0.3 is 0 Å². The summed E-state index contributed by atoms with van der Waals surface area (Å²) in [6.07, 6.45) is 0. The molecule has 0 bridgehead atoms. The van der Waals surface area contributed by atoms with Gasteiger partial charge in [-0.3, -0.25) is 0 Å². The van der Waals surface area contributed by atoms with E-state index < -0.39 is 0 Å². The number of rotatable bonds is 30. The summed E-state index contributed by atoms with van der Waals surface area (Å²) in [6.45, 7) is 0. The SMILES string of the molecule is c1ccc(Sc2ccc(-c3cc(-c4ccc(Sc5ccccc5)cc4)cc(-c4ccc(Sc5ccc(-c6cc(-c7ccc(Sc8ccc(-c9cc(-c%10ccc(Sc%11ccccc%11)cc%10)cc(-c%10ccc(Sc%11ccccc%11)cc%10)c9)cc8)cc7)cc(-c7ccc(Sc8ccc(-c9cc(-c%10ccc(Sc%11ccccc%11)cc%10)cc(-c%10ccc(Sc%11ccccc%11)cc%10)c9)cc8)cc7)c6)cc5)cc4)c3)cc2)cc1. The van der Waals surface area contributed by atoms with Crippen LogP contribution < -0.4 is 0 Å². The zero-order valence-corrected chi connectivity index (χ0v) is 84.0. The minimum atomic E-state index is 1.15. The lowest BCUT2D eigenvalue weighted by Gasteiger charge is -2.14. The van der Waals surface area contributed by atoms with Gasteiger partial charge in [-0.1, -0.05) is 361 Å². The highest BCUT2D eigenvalue weighted by Crippen LogP contribution is 2.46. The maximum Gasteiger partial charge on any atom is 0.0122 e. The lowest BCUT2D eigenvalue weighted by Crippen LogP contribution is -1.88. The van der Waals surface area contributed by atoms with Crippen molar-refractivity contribution in [2.75, 3.05) is 0 Å². The highest BCUT2D eigenvalue weighted by atomic mass is 32.2. The van der Waals surface area contributed by atoms with Crippen LogP contribution in [-0.4, -0.2) is 0 Å². The standard InChI is InChI=1S/C132H90S9/c1-7-19-115(20-8-1)133-121-55-31-91(32-56-121)103-79-104(92-33-57-122(58-34-92)134-116-21-9-2-10-22-116)83-109(82-103)97-43-67-127(68-44-97)139-130-73-49-100(50-74-130)112-88-113(101-51-75-131(76-52-101)140-128-69-45-98(46-70-128)110-84-105(93-35-59-123(60-36-93)135-117-23-11-3-12-24-117)80-106(85-110)94-37-61-124(62-38-94)136-118-25-13-4-14-26-118)90-114(89-112)102-53-77-132(78-54-102)141-129-71-47-99(48-72-129)111-86-107(95-39-63-125(64-40-95)137-119-27-15-5-16-28-119)81-108(87-111)96-41-65-126(66-42-96)138-120-29-17-6-18-30-120/h1-90H. The molecular formula is C132H90S9. The smallest absolute Gasteiger partial charge is 0.0122 e. The Bertz CT molecular complexity index is 6900. The monoisotopic (exact) mass is 1960 g/mol. The molecule has 0 aliphatic rings.